The summed E-state index contributed by atoms with van der Waals surface area (Å²) in [4.78, 5) is 2.16. The molecule has 0 atom stereocenters. The molecule has 0 bridgehead atoms. The molecule has 3 N–H and O–H groups in total. The van der Waals surface area contributed by atoms with Gasteiger partial charge in [-0.1, -0.05) is 36.4 Å². The quantitative estimate of drug-likeness (QED) is 0.704. The summed E-state index contributed by atoms with van der Waals surface area (Å²) < 4.78 is 6.04. The first-order valence-corrected chi connectivity index (χ1v) is 7.79. The molecule has 23 heavy (non-hydrogen) atoms. The molecule has 0 spiro atoms. The van der Waals surface area contributed by atoms with Crippen molar-refractivity contribution in [2.75, 3.05) is 20.1 Å². The highest BCUT2D eigenvalue weighted by molar-refractivity contribution is 5.87. The van der Waals surface area contributed by atoms with Crippen LogP contribution >= 0.6 is 0 Å². The Morgan fingerprint density at radius 3 is 2.74 bits per heavy atom. The molecule has 1 heterocycles. The highest BCUT2D eigenvalue weighted by Gasteiger charge is 2.13. The lowest BCUT2D eigenvalue weighted by molar-refractivity contribution is 0.308. The Balaban J connectivity index is 1.83. The van der Waals surface area contributed by atoms with E-state index in [9.17, 15) is 0 Å². The minimum absolute atomic E-state index is 0.545. The van der Waals surface area contributed by atoms with Crippen molar-refractivity contribution in [2.24, 2.45) is 5.73 Å². The number of nitrogens with zero attached hydrogens (tertiary/aromatic N) is 2. The minimum Gasteiger partial charge on any atom is -0.488 e. The molecule has 5 heteroatoms. The van der Waals surface area contributed by atoms with Gasteiger partial charge in [0.25, 0.3) is 0 Å². The first-order chi connectivity index (χ1) is 11.3. The van der Waals surface area contributed by atoms with Crippen LogP contribution in [0, 0.1) is 0 Å². The molecule has 0 fully saturated rings. The van der Waals surface area contributed by atoms with E-state index in [1.54, 1.807) is 0 Å². The van der Waals surface area contributed by atoms with E-state index >= 15 is 0 Å². The van der Waals surface area contributed by atoms with Crippen molar-refractivity contribution >= 4 is 10.9 Å². The predicted octanol–water partition coefficient (Wildman–Crippen LogP) is 2.53. The van der Waals surface area contributed by atoms with Crippen molar-refractivity contribution in [1.29, 1.82) is 0 Å². The topological polar surface area (TPSA) is 67.2 Å². The summed E-state index contributed by atoms with van der Waals surface area (Å²) in [6.45, 7) is 2.75. The fraction of sp³-hybridized carbons (Fsp3) is 0.278. The summed E-state index contributed by atoms with van der Waals surface area (Å²) >= 11 is 0. The Morgan fingerprint density at radius 1 is 1.13 bits per heavy atom. The number of aromatic amines is 1. The van der Waals surface area contributed by atoms with Gasteiger partial charge in [0.1, 0.15) is 12.4 Å². The van der Waals surface area contributed by atoms with E-state index in [1.165, 1.54) is 0 Å². The molecule has 0 unspecified atom stereocenters. The van der Waals surface area contributed by atoms with Crippen LogP contribution in [-0.4, -0.2) is 35.2 Å². The molecule has 5 nitrogen and oxygen atoms in total. The van der Waals surface area contributed by atoms with E-state index in [-0.39, 0.29) is 0 Å². The van der Waals surface area contributed by atoms with Gasteiger partial charge in [0.05, 0.1) is 16.6 Å². The number of aromatic nitrogens is 2. The number of hydrogen-bond donors (Lipinski definition) is 2. The average molecular weight is 310 g/mol. The van der Waals surface area contributed by atoms with Crippen LogP contribution in [0.15, 0.2) is 48.5 Å². The second kappa shape index (κ2) is 7.26. The number of hydrogen-bond acceptors (Lipinski definition) is 4. The molecule has 0 saturated heterocycles. The fourth-order valence-corrected chi connectivity index (χ4v) is 2.63. The molecular weight excluding hydrogens is 288 g/mol. The third-order valence-electron chi connectivity index (χ3n) is 3.79. The van der Waals surface area contributed by atoms with Gasteiger partial charge < -0.3 is 10.5 Å². The van der Waals surface area contributed by atoms with Gasteiger partial charge in [-0.2, -0.15) is 5.10 Å². The van der Waals surface area contributed by atoms with Gasteiger partial charge >= 0.3 is 0 Å². The standard InChI is InChI=1S/C18H22N4O/c1-22(11-10-19)12-16-18-15(20-21-16)8-5-9-17(18)23-13-14-6-3-2-4-7-14/h2-9H,10-13,19H2,1H3,(H,20,21). The summed E-state index contributed by atoms with van der Waals surface area (Å²) in [6.07, 6.45) is 0. The van der Waals surface area contributed by atoms with E-state index < -0.39 is 0 Å². The van der Waals surface area contributed by atoms with Gasteiger partial charge in [0.2, 0.25) is 0 Å². The lowest BCUT2D eigenvalue weighted by atomic mass is 10.1. The van der Waals surface area contributed by atoms with E-state index in [0.29, 0.717) is 13.2 Å². The Morgan fingerprint density at radius 2 is 1.96 bits per heavy atom. The zero-order chi connectivity index (χ0) is 16.1. The van der Waals surface area contributed by atoms with Gasteiger partial charge in [0.15, 0.2) is 0 Å². The van der Waals surface area contributed by atoms with Crippen LogP contribution in [0.5, 0.6) is 5.75 Å². The van der Waals surface area contributed by atoms with Gasteiger partial charge in [-0.15, -0.1) is 0 Å². The smallest absolute Gasteiger partial charge is 0.131 e. The third-order valence-corrected chi connectivity index (χ3v) is 3.79. The SMILES string of the molecule is CN(CCN)Cc1n[nH]c2cccc(OCc3ccccc3)c12. The van der Waals surface area contributed by atoms with Crippen LogP contribution in [-0.2, 0) is 13.2 Å². The van der Waals surface area contributed by atoms with Crippen molar-refractivity contribution in [2.45, 2.75) is 13.2 Å². The van der Waals surface area contributed by atoms with Crippen LogP contribution in [0.1, 0.15) is 11.3 Å². The lowest BCUT2D eigenvalue weighted by Crippen LogP contribution is -2.25. The van der Waals surface area contributed by atoms with E-state index in [0.717, 1.165) is 41.0 Å². The summed E-state index contributed by atoms with van der Waals surface area (Å²) in [5.74, 6) is 0.858. The predicted molar refractivity (Wildman–Crippen MR) is 92.3 cm³/mol. The zero-order valence-electron chi connectivity index (χ0n) is 13.3. The lowest BCUT2D eigenvalue weighted by Gasteiger charge is -2.14. The molecule has 120 valence electrons. The summed E-state index contributed by atoms with van der Waals surface area (Å²) in [5, 5.41) is 8.58. The van der Waals surface area contributed by atoms with Gasteiger partial charge in [-0.25, -0.2) is 0 Å². The number of nitrogens with one attached hydrogen (secondary N) is 1. The highest BCUT2D eigenvalue weighted by Crippen LogP contribution is 2.28. The van der Waals surface area contributed by atoms with Gasteiger partial charge in [0, 0.05) is 19.6 Å². The Bertz CT molecular complexity index is 754. The van der Waals surface area contributed by atoms with Gasteiger partial charge in [-0.05, 0) is 24.7 Å². The normalized spacial score (nSPS) is 11.3. The number of likely N-dealkylation sites (N-methyl/N-ethyl adjacent to an activating group) is 1. The van der Waals surface area contributed by atoms with Gasteiger partial charge in [-0.3, -0.25) is 10.00 Å². The van der Waals surface area contributed by atoms with Crippen molar-refractivity contribution < 1.29 is 4.74 Å². The summed E-state index contributed by atoms with van der Waals surface area (Å²) in [7, 11) is 2.04. The number of fused-ring (bicyclic) bond motifs is 1. The monoisotopic (exact) mass is 310 g/mol. The first-order valence-electron chi connectivity index (χ1n) is 7.79. The maximum Gasteiger partial charge on any atom is 0.131 e. The summed E-state index contributed by atoms with van der Waals surface area (Å²) in [5.41, 5.74) is 8.74. The second-order valence-corrected chi connectivity index (χ2v) is 5.65. The molecule has 2 aromatic carbocycles. The van der Waals surface area contributed by atoms with Crippen molar-refractivity contribution in [1.82, 2.24) is 15.1 Å². The molecular formula is C18H22N4O. The molecule has 3 aromatic rings. The number of benzene rings is 2. The largest absolute Gasteiger partial charge is 0.488 e. The maximum absolute atomic E-state index is 6.04. The number of nitrogens with two attached hydrogens (primary N) is 1. The molecule has 0 aliphatic carbocycles. The van der Waals surface area contributed by atoms with Crippen LogP contribution in [0.3, 0.4) is 0 Å². The molecule has 0 radical (unpaired) electrons. The van der Waals surface area contributed by atoms with Crippen molar-refractivity contribution in [3.8, 4) is 5.75 Å². The van der Waals surface area contributed by atoms with Crippen molar-refractivity contribution in [3.05, 3.63) is 59.8 Å². The molecule has 3 rings (SSSR count). The second-order valence-electron chi connectivity index (χ2n) is 5.65. The van der Waals surface area contributed by atoms with E-state index in [2.05, 4.69) is 27.2 Å². The molecule has 0 saturated carbocycles. The molecule has 0 aliphatic heterocycles. The molecule has 0 aliphatic rings. The van der Waals surface area contributed by atoms with Crippen LogP contribution in [0.4, 0.5) is 0 Å². The zero-order valence-corrected chi connectivity index (χ0v) is 13.3. The molecule has 0 amide bonds. The first kappa shape index (κ1) is 15.5. The van der Waals surface area contributed by atoms with Crippen molar-refractivity contribution in [3.63, 3.8) is 0 Å². The fourth-order valence-electron chi connectivity index (χ4n) is 2.63. The molecule has 1 aromatic heterocycles. The number of rotatable bonds is 7. The number of ether oxygens (including phenoxy) is 1. The van der Waals surface area contributed by atoms with Crippen LogP contribution < -0.4 is 10.5 Å². The highest BCUT2D eigenvalue weighted by atomic mass is 16.5. The van der Waals surface area contributed by atoms with Crippen LogP contribution in [0.25, 0.3) is 10.9 Å². The maximum atomic E-state index is 6.04. The minimum atomic E-state index is 0.545. The number of H-pyrrole nitrogens is 1. The Kier molecular flexibility index (Phi) is 4.90. The van der Waals surface area contributed by atoms with Crippen LogP contribution in [0.2, 0.25) is 0 Å². The van der Waals surface area contributed by atoms with E-state index in [1.807, 2.05) is 43.4 Å². The Hall–Kier alpha value is -2.37. The Labute approximate surface area is 136 Å². The van der Waals surface area contributed by atoms with E-state index in [4.69, 9.17) is 10.5 Å². The average Bonchev–Trinajstić information content (AvgIpc) is 2.98. The summed E-state index contributed by atoms with van der Waals surface area (Å²) in [6, 6.07) is 16.2. The third kappa shape index (κ3) is 3.70.